The van der Waals surface area contributed by atoms with E-state index in [1.807, 2.05) is 0 Å². The first-order valence-corrected chi connectivity index (χ1v) is 7.33. The van der Waals surface area contributed by atoms with Gasteiger partial charge in [0.25, 0.3) is 0 Å². The van der Waals surface area contributed by atoms with Crippen molar-refractivity contribution in [3.8, 4) is 0 Å². The van der Waals surface area contributed by atoms with Gasteiger partial charge in [0, 0.05) is 29.5 Å². The fraction of sp³-hybridized carbons (Fsp3) is 0.500. The minimum Gasteiger partial charge on any atom is -0.326 e. The number of nitrogens with one attached hydrogen (secondary N) is 1. The highest BCUT2D eigenvalue weighted by atomic mass is 19.1. The predicted molar refractivity (Wildman–Crippen MR) is 73.5 cm³/mol. The van der Waals surface area contributed by atoms with Crippen LogP contribution in [0.3, 0.4) is 0 Å². The van der Waals surface area contributed by atoms with Gasteiger partial charge in [-0.05, 0) is 37.8 Å². The molecule has 3 nitrogen and oxygen atoms in total. The van der Waals surface area contributed by atoms with Gasteiger partial charge in [-0.25, -0.2) is 8.78 Å². The summed E-state index contributed by atoms with van der Waals surface area (Å²) in [4.78, 5) is 24.3. The number of halogens is 2. The first kappa shape index (κ1) is 14.2. The fourth-order valence-corrected chi connectivity index (χ4v) is 3.56. The third-order valence-electron chi connectivity index (χ3n) is 4.55. The Kier molecular flexibility index (Phi) is 3.74. The lowest BCUT2D eigenvalue weighted by molar-refractivity contribution is -0.136. The normalized spacial score (nSPS) is 28.3. The average Bonchev–Trinajstić information content (AvgIpc) is 2.36. The van der Waals surface area contributed by atoms with Crippen LogP contribution in [0.1, 0.15) is 32.1 Å². The molecule has 21 heavy (non-hydrogen) atoms. The van der Waals surface area contributed by atoms with Crippen LogP contribution >= 0.6 is 0 Å². The Labute approximate surface area is 121 Å². The van der Waals surface area contributed by atoms with Crippen molar-refractivity contribution in [3.63, 3.8) is 0 Å². The molecule has 2 fully saturated rings. The van der Waals surface area contributed by atoms with Crippen molar-refractivity contribution in [2.45, 2.75) is 32.1 Å². The van der Waals surface area contributed by atoms with Crippen molar-refractivity contribution >= 4 is 17.4 Å². The molecule has 0 heterocycles. The summed E-state index contributed by atoms with van der Waals surface area (Å²) in [6.45, 7) is 0. The van der Waals surface area contributed by atoms with E-state index in [0.29, 0.717) is 18.6 Å². The number of fused-ring (bicyclic) bond motifs is 2. The molecule has 1 aromatic rings. The number of ketones is 1. The molecule has 2 aliphatic rings. The Morgan fingerprint density at radius 3 is 2.19 bits per heavy atom. The van der Waals surface area contributed by atoms with Crippen molar-refractivity contribution in [3.05, 3.63) is 29.8 Å². The highest BCUT2D eigenvalue weighted by Crippen LogP contribution is 2.40. The molecule has 2 saturated carbocycles. The molecule has 3 atom stereocenters. The number of hydrogen-bond acceptors (Lipinski definition) is 2. The lowest BCUT2D eigenvalue weighted by Gasteiger charge is -2.36. The molecule has 0 spiro atoms. The van der Waals surface area contributed by atoms with Crippen molar-refractivity contribution in [1.29, 1.82) is 0 Å². The maximum absolute atomic E-state index is 13.1. The van der Waals surface area contributed by atoms with Gasteiger partial charge in [-0.3, -0.25) is 9.59 Å². The van der Waals surface area contributed by atoms with E-state index in [2.05, 4.69) is 5.32 Å². The molecule has 2 bridgehead atoms. The molecular formula is C16H17F2NO2. The van der Waals surface area contributed by atoms with E-state index in [9.17, 15) is 18.4 Å². The van der Waals surface area contributed by atoms with Gasteiger partial charge in [0.05, 0.1) is 0 Å². The summed E-state index contributed by atoms with van der Waals surface area (Å²) < 4.78 is 26.2. The molecule has 1 amide bonds. The van der Waals surface area contributed by atoms with Crippen LogP contribution in [-0.2, 0) is 9.59 Å². The minimum atomic E-state index is -0.721. The van der Waals surface area contributed by atoms with E-state index < -0.39 is 11.6 Å². The first-order valence-electron chi connectivity index (χ1n) is 7.33. The zero-order valence-electron chi connectivity index (χ0n) is 11.6. The second kappa shape index (κ2) is 5.54. The average molecular weight is 293 g/mol. The van der Waals surface area contributed by atoms with Gasteiger partial charge < -0.3 is 5.32 Å². The Balaban J connectivity index is 1.70. The third-order valence-corrected chi connectivity index (χ3v) is 4.55. The van der Waals surface area contributed by atoms with Crippen LogP contribution in [0.15, 0.2) is 18.2 Å². The van der Waals surface area contributed by atoms with Gasteiger partial charge in [0.1, 0.15) is 17.4 Å². The van der Waals surface area contributed by atoms with E-state index >= 15 is 0 Å². The lowest BCUT2D eigenvalue weighted by Crippen LogP contribution is -2.40. The van der Waals surface area contributed by atoms with Gasteiger partial charge in [-0.15, -0.1) is 0 Å². The van der Waals surface area contributed by atoms with E-state index in [4.69, 9.17) is 0 Å². The molecule has 0 aromatic heterocycles. The maximum atomic E-state index is 13.1. The van der Waals surface area contributed by atoms with Crippen molar-refractivity contribution in [1.82, 2.24) is 0 Å². The zero-order valence-corrected chi connectivity index (χ0v) is 11.6. The fourth-order valence-electron chi connectivity index (χ4n) is 3.56. The monoisotopic (exact) mass is 293 g/mol. The lowest BCUT2D eigenvalue weighted by atomic mass is 9.67. The van der Waals surface area contributed by atoms with Gasteiger partial charge >= 0.3 is 0 Å². The van der Waals surface area contributed by atoms with E-state index in [0.717, 1.165) is 37.5 Å². The Morgan fingerprint density at radius 1 is 1.05 bits per heavy atom. The first-order chi connectivity index (χ1) is 10.0. The van der Waals surface area contributed by atoms with Crippen LogP contribution in [0.2, 0.25) is 0 Å². The number of Topliss-reactive ketones (excluding diaryl/α,β-unsaturated/α-hetero) is 1. The molecule has 5 heteroatoms. The summed E-state index contributed by atoms with van der Waals surface area (Å²) >= 11 is 0. The second-order valence-electron chi connectivity index (χ2n) is 6.04. The summed E-state index contributed by atoms with van der Waals surface area (Å²) in [5.41, 5.74) is 0.125. The second-order valence-corrected chi connectivity index (χ2v) is 6.04. The summed E-state index contributed by atoms with van der Waals surface area (Å²) in [5, 5.41) is 2.57. The highest BCUT2D eigenvalue weighted by Gasteiger charge is 2.41. The van der Waals surface area contributed by atoms with E-state index in [1.165, 1.54) is 0 Å². The molecule has 0 radical (unpaired) electrons. The van der Waals surface area contributed by atoms with Crippen LogP contribution in [0.4, 0.5) is 14.5 Å². The summed E-state index contributed by atoms with van der Waals surface area (Å²) in [5.74, 6) is -1.67. The Bertz CT molecular complexity index is 551. The van der Waals surface area contributed by atoms with E-state index in [1.54, 1.807) is 0 Å². The number of rotatable bonds is 2. The molecule has 0 aliphatic heterocycles. The summed E-state index contributed by atoms with van der Waals surface area (Å²) in [6, 6.07) is 2.95. The molecule has 1 aromatic carbocycles. The molecule has 1 N–H and O–H groups in total. The van der Waals surface area contributed by atoms with Gasteiger partial charge in [0.15, 0.2) is 0 Å². The van der Waals surface area contributed by atoms with Crippen molar-refractivity contribution in [2.75, 3.05) is 5.32 Å². The van der Waals surface area contributed by atoms with Crippen LogP contribution in [0, 0.1) is 29.4 Å². The molecular weight excluding hydrogens is 276 g/mol. The summed E-state index contributed by atoms with van der Waals surface area (Å²) in [6.07, 6.45) is 3.86. The predicted octanol–water partition coefficient (Wildman–Crippen LogP) is 3.30. The minimum absolute atomic E-state index is 0.0162. The Morgan fingerprint density at radius 2 is 1.62 bits per heavy atom. The number of amides is 1. The van der Waals surface area contributed by atoms with Crippen molar-refractivity contribution < 1.29 is 18.4 Å². The van der Waals surface area contributed by atoms with Gasteiger partial charge in [-0.1, -0.05) is 6.42 Å². The van der Waals surface area contributed by atoms with Crippen LogP contribution in [0.5, 0.6) is 0 Å². The van der Waals surface area contributed by atoms with Crippen molar-refractivity contribution in [2.24, 2.45) is 17.8 Å². The molecule has 1 unspecified atom stereocenters. The van der Waals surface area contributed by atoms with Gasteiger partial charge in [-0.2, -0.15) is 0 Å². The van der Waals surface area contributed by atoms with E-state index in [-0.39, 0.29) is 29.3 Å². The molecule has 0 saturated heterocycles. The molecule has 2 aliphatic carbocycles. The topological polar surface area (TPSA) is 46.2 Å². The van der Waals surface area contributed by atoms with Crippen LogP contribution in [0.25, 0.3) is 0 Å². The smallest absolute Gasteiger partial charge is 0.227 e. The van der Waals surface area contributed by atoms with Gasteiger partial charge in [0.2, 0.25) is 5.91 Å². The largest absolute Gasteiger partial charge is 0.326 e. The molecule has 3 rings (SSSR count). The Hall–Kier alpha value is -1.78. The number of carbonyl (C=O) groups is 2. The zero-order chi connectivity index (χ0) is 15.0. The number of carbonyl (C=O) groups excluding carboxylic acids is 2. The number of anilines is 1. The summed E-state index contributed by atoms with van der Waals surface area (Å²) in [7, 11) is 0. The van der Waals surface area contributed by atoms with Crippen LogP contribution in [-0.4, -0.2) is 11.7 Å². The SMILES string of the molecule is O=C(Nc1cc(F)cc(F)c1)C1C[C@H]2CCC[C@@H](C1)C2=O. The number of benzene rings is 1. The highest BCUT2D eigenvalue weighted by molar-refractivity contribution is 5.95. The number of hydrogen-bond donors (Lipinski definition) is 1. The standard InChI is InChI=1S/C16H17F2NO2/c17-12-6-13(18)8-14(7-12)19-16(21)11-4-9-2-1-3-10(5-11)15(9)20/h6-11H,1-5H2,(H,19,21)/t9-,10+,11?. The third kappa shape index (κ3) is 2.96. The molecule has 112 valence electrons. The van der Waals surface area contributed by atoms with Crippen LogP contribution < -0.4 is 5.32 Å². The quantitative estimate of drug-likeness (QED) is 0.909. The maximum Gasteiger partial charge on any atom is 0.227 e.